The topological polar surface area (TPSA) is 28.2 Å². The molecule has 4 heteroatoms. The highest BCUT2D eigenvalue weighted by Gasteiger charge is 2.22. The number of rotatable bonds is 6. The van der Waals surface area contributed by atoms with Gasteiger partial charge >= 0.3 is 0 Å². The molecule has 1 fully saturated rings. The van der Waals surface area contributed by atoms with Crippen molar-refractivity contribution < 1.29 is 4.39 Å². The number of piperidine rings is 1. The van der Waals surface area contributed by atoms with Crippen LogP contribution in [0, 0.1) is 5.82 Å². The standard InChI is InChI=1S/C15H24FN3/c1-2-6-17-11-15-5-3-4-7-19(15)12-13-8-14(16)10-18-9-13/h8-10,15,17H,2-7,11-12H2,1H3. The van der Waals surface area contributed by atoms with Gasteiger partial charge in [0.2, 0.25) is 0 Å². The maximum absolute atomic E-state index is 13.2. The molecule has 1 aromatic heterocycles. The van der Waals surface area contributed by atoms with Crippen LogP contribution in [0.3, 0.4) is 0 Å². The minimum Gasteiger partial charge on any atom is -0.315 e. The molecule has 19 heavy (non-hydrogen) atoms. The Morgan fingerprint density at radius 3 is 3.11 bits per heavy atom. The van der Waals surface area contributed by atoms with Crippen LogP contribution in [0.2, 0.25) is 0 Å². The summed E-state index contributed by atoms with van der Waals surface area (Å²) in [6.45, 7) is 6.21. The minimum atomic E-state index is -0.241. The van der Waals surface area contributed by atoms with Crippen LogP contribution in [0.5, 0.6) is 0 Å². The van der Waals surface area contributed by atoms with Gasteiger partial charge < -0.3 is 5.32 Å². The third-order valence-electron chi connectivity index (χ3n) is 3.70. The van der Waals surface area contributed by atoms with Crippen molar-refractivity contribution in [2.45, 2.75) is 45.2 Å². The van der Waals surface area contributed by atoms with Crippen molar-refractivity contribution in [3.63, 3.8) is 0 Å². The lowest BCUT2D eigenvalue weighted by Gasteiger charge is -2.36. The molecule has 0 amide bonds. The highest BCUT2D eigenvalue weighted by atomic mass is 19.1. The van der Waals surface area contributed by atoms with E-state index in [1.54, 1.807) is 12.3 Å². The number of aromatic nitrogens is 1. The summed E-state index contributed by atoms with van der Waals surface area (Å²) in [5, 5.41) is 3.50. The van der Waals surface area contributed by atoms with Crippen LogP contribution in [0.25, 0.3) is 0 Å². The Labute approximate surface area is 115 Å². The highest BCUT2D eigenvalue weighted by Crippen LogP contribution is 2.19. The lowest BCUT2D eigenvalue weighted by Crippen LogP contribution is -2.45. The molecule has 1 aliphatic rings. The van der Waals surface area contributed by atoms with Gasteiger partial charge in [0.15, 0.2) is 0 Å². The fraction of sp³-hybridized carbons (Fsp3) is 0.667. The first kappa shape index (κ1) is 14.4. The van der Waals surface area contributed by atoms with Gasteiger partial charge in [0, 0.05) is 25.3 Å². The highest BCUT2D eigenvalue weighted by molar-refractivity contribution is 5.10. The fourth-order valence-electron chi connectivity index (χ4n) is 2.72. The molecular weight excluding hydrogens is 241 g/mol. The normalized spacial score (nSPS) is 20.6. The van der Waals surface area contributed by atoms with Crippen LogP contribution >= 0.6 is 0 Å². The molecule has 0 radical (unpaired) electrons. The lowest BCUT2D eigenvalue weighted by molar-refractivity contribution is 0.137. The summed E-state index contributed by atoms with van der Waals surface area (Å²) in [6.07, 6.45) is 7.98. The first-order chi connectivity index (χ1) is 9.29. The van der Waals surface area contributed by atoms with E-state index in [-0.39, 0.29) is 5.82 Å². The Hall–Kier alpha value is -1.00. The summed E-state index contributed by atoms with van der Waals surface area (Å²) in [4.78, 5) is 6.39. The molecule has 0 spiro atoms. The van der Waals surface area contributed by atoms with Crippen LogP contribution in [0.4, 0.5) is 4.39 Å². The second kappa shape index (κ2) is 7.56. The summed E-state index contributed by atoms with van der Waals surface area (Å²) >= 11 is 0. The smallest absolute Gasteiger partial charge is 0.141 e. The SMILES string of the molecule is CCCNCC1CCCCN1Cc1cncc(F)c1. The number of halogens is 1. The Kier molecular flexibility index (Phi) is 5.73. The van der Waals surface area contributed by atoms with Crippen molar-refractivity contribution in [3.8, 4) is 0 Å². The van der Waals surface area contributed by atoms with E-state index in [2.05, 4.69) is 22.1 Å². The van der Waals surface area contributed by atoms with E-state index >= 15 is 0 Å². The molecule has 1 unspecified atom stereocenters. The molecule has 3 nitrogen and oxygen atoms in total. The van der Waals surface area contributed by atoms with Gasteiger partial charge in [0.05, 0.1) is 6.20 Å². The predicted octanol–water partition coefficient (Wildman–Crippen LogP) is 2.57. The monoisotopic (exact) mass is 265 g/mol. The zero-order valence-electron chi connectivity index (χ0n) is 11.7. The molecule has 1 atom stereocenters. The molecule has 2 rings (SSSR count). The first-order valence-electron chi connectivity index (χ1n) is 7.33. The molecule has 0 saturated carbocycles. The predicted molar refractivity (Wildman–Crippen MR) is 75.4 cm³/mol. The summed E-state index contributed by atoms with van der Waals surface area (Å²) in [5.41, 5.74) is 0.974. The molecular formula is C15H24FN3. The van der Waals surface area contributed by atoms with E-state index in [1.807, 2.05) is 0 Å². The molecule has 0 aliphatic carbocycles. The lowest BCUT2D eigenvalue weighted by atomic mass is 10.0. The van der Waals surface area contributed by atoms with Gasteiger partial charge in [-0.2, -0.15) is 0 Å². The van der Waals surface area contributed by atoms with E-state index in [0.29, 0.717) is 6.04 Å². The zero-order chi connectivity index (χ0) is 13.5. The molecule has 1 saturated heterocycles. The number of nitrogens with zero attached hydrogens (tertiary/aromatic N) is 2. The van der Waals surface area contributed by atoms with Crippen LogP contribution in [-0.2, 0) is 6.54 Å². The summed E-state index contributed by atoms with van der Waals surface area (Å²) in [5.74, 6) is -0.241. The van der Waals surface area contributed by atoms with E-state index < -0.39 is 0 Å². The zero-order valence-corrected chi connectivity index (χ0v) is 11.7. The van der Waals surface area contributed by atoms with E-state index in [0.717, 1.165) is 31.7 Å². The Morgan fingerprint density at radius 1 is 1.42 bits per heavy atom. The number of nitrogens with one attached hydrogen (secondary N) is 1. The van der Waals surface area contributed by atoms with E-state index in [4.69, 9.17) is 0 Å². The quantitative estimate of drug-likeness (QED) is 0.801. The van der Waals surface area contributed by atoms with Crippen LogP contribution in [0.15, 0.2) is 18.5 Å². The molecule has 0 aromatic carbocycles. The second-order valence-corrected chi connectivity index (χ2v) is 5.34. The van der Waals surface area contributed by atoms with Crippen molar-refractivity contribution in [1.29, 1.82) is 0 Å². The number of hydrogen-bond donors (Lipinski definition) is 1. The third kappa shape index (κ3) is 4.55. The molecule has 0 bridgehead atoms. The van der Waals surface area contributed by atoms with Crippen molar-refractivity contribution >= 4 is 0 Å². The average Bonchev–Trinajstić information content (AvgIpc) is 2.41. The van der Waals surface area contributed by atoms with E-state index in [9.17, 15) is 4.39 Å². The maximum Gasteiger partial charge on any atom is 0.141 e. The van der Waals surface area contributed by atoms with Gasteiger partial charge in [0.1, 0.15) is 5.82 Å². The minimum absolute atomic E-state index is 0.241. The average molecular weight is 265 g/mol. The summed E-state index contributed by atoms with van der Waals surface area (Å²) in [6, 6.07) is 2.17. The number of hydrogen-bond acceptors (Lipinski definition) is 3. The Balaban J connectivity index is 1.91. The van der Waals surface area contributed by atoms with Crippen LogP contribution in [-0.4, -0.2) is 35.6 Å². The molecule has 106 valence electrons. The van der Waals surface area contributed by atoms with Gasteiger partial charge in [-0.3, -0.25) is 9.88 Å². The fourth-order valence-corrected chi connectivity index (χ4v) is 2.72. The largest absolute Gasteiger partial charge is 0.315 e. The van der Waals surface area contributed by atoms with Crippen molar-refractivity contribution in [2.75, 3.05) is 19.6 Å². The van der Waals surface area contributed by atoms with E-state index in [1.165, 1.54) is 31.9 Å². The van der Waals surface area contributed by atoms with Gasteiger partial charge in [0.25, 0.3) is 0 Å². The third-order valence-corrected chi connectivity index (χ3v) is 3.70. The number of likely N-dealkylation sites (tertiary alicyclic amines) is 1. The Morgan fingerprint density at radius 2 is 2.32 bits per heavy atom. The van der Waals surface area contributed by atoms with Crippen molar-refractivity contribution in [3.05, 3.63) is 29.8 Å². The molecule has 1 aromatic rings. The summed E-state index contributed by atoms with van der Waals surface area (Å²) in [7, 11) is 0. The van der Waals surface area contributed by atoms with Gasteiger partial charge in [-0.05, 0) is 44.0 Å². The van der Waals surface area contributed by atoms with Crippen molar-refractivity contribution in [1.82, 2.24) is 15.2 Å². The molecule has 1 N–H and O–H groups in total. The Bertz CT molecular complexity index is 383. The summed E-state index contributed by atoms with van der Waals surface area (Å²) < 4.78 is 13.2. The van der Waals surface area contributed by atoms with Crippen LogP contribution < -0.4 is 5.32 Å². The van der Waals surface area contributed by atoms with Crippen molar-refractivity contribution in [2.24, 2.45) is 0 Å². The van der Waals surface area contributed by atoms with Gasteiger partial charge in [-0.1, -0.05) is 13.3 Å². The van der Waals surface area contributed by atoms with Gasteiger partial charge in [-0.25, -0.2) is 4.39 Å². The maximum atomic E-state index is 13.2. The second-order valence-electron chi connectivity index (χ2n) is 5.34. The molecule has 1 aliphatic heterocycles. The number of pyridine rings is 1. The van der Waals surface area contributed by atoms with Gasteiger partial charge in [-0.15, -0.1) is 0 Å². The molecule has 2 heterocycles. The first-order valence-corrected chi connectivity index (χ1v) is 7.33. The van der Waals surface area contributed by atoms with Crippen LogP contribution in [0.1, 0.15) is 38.2 Å².